The third kappa shape index (κ3) is 6.00. The van der Waals surface area contributed by atoms with E-state index in [0.29, 0.717) is 11.6 Å². The quantitative estimate of drug-likeness (QED) is 0.708. The molecule has 2 aromatic rings. The van der Waals surface area contributed by atoms with Gasteiger partial charge in [-0.3, -0.25) is 4.79 Å². The smallest absolute Gasteiger partial charge is 0.274 e. The topological polar surface area (TPSA) is 73.4 Å². The molecular weight excluding hydrogens is 328 g/mol. The van der Waals surface area contributed by atoms with Crippen molar-refractivity contribution in [2.45, 2.75) is 13.3 Å². The Labute approximate surface area is 155 Å². The number of carbonyl (C=O) groups is 1. The average molecular weight is 356 g/mol. The number of nitrogens with zero attached hydrogens (tertiary/aromatic N) is 4. The second-order valence-electron chi connectivity index (χ2n) is 6.70. The van der Waals surface area contributed by atoms with Crippen LogP contribution in [-0.2, 0) is 0 Å². The number of aromatic nitrogens is 2. The first-order valence-electron chi connectivity index (χ1n) is 8.68. The van der Waals surface area contributed by atoms with Crippen LogP contribution in [0.1, 0.15) is 22.6 Å². The van der Waals surface area contributed by atoms with Gasteiger partial charge in [0.2, 0.25) is 5.95 Å². The minimum atomic E-state index is -0.246. The van der Waals surface area contributed by atoms with E-state index in [1.54, 1.807) is 6.07 Å². The van der Waals surface area contributed by atoms with E-state index in [1.165, 1.54) is 0 Å². The maximum absolute atomic E-state index is 12.5. The lowest BCUT2D eigenvalue weighted by Gasteiger charge is -2.13. The van der Waals surface area contributed by atoms with Crippen molar-refractivity contribution in [3.8, 4) is 0 Å². The fourth-order valence-corrected chi connectivity index (χ4v) is 2.40. The molecule has 1 heterocycles. The number of carbonyl (C=O) groups excluding carboxylic acids is 1. The lowest BCUT2D eigenvalue weighted by Crippen LogP contribution is -2.19. The van der Waals surface area contributed by atoms with Crippen molar-refractivity contribution in [2.24, 2.45) is 0 Å². The second kappa shape index (κ2) is 9.15. The number of benzene rings is 1. The standard InChI is InChI=1S/C19H28N6O/c1-14-13-17(23-19(21-14)20-11-6-12-24(2)3)18(26)22-15-7-9-16(10-8-15)25(4)5/h7-10,13H,6,11-12H2,1-5H3,(H,22,26)(H,20,21,23). The van der Waals surface area contributed by atoms with Crippen LogP contribution in [0.4, 0.5) is 17.3 Å². The van der Waals surface area contributed by atoms with Crippen molar-refractivity contribution >= 4 is 23.2 Å². The highest BCUT2D eigenvalue weighted by atomic mass is 16.1. The molecule has 0 fully saturated rings. The number of hydrogen-bond donors (Lipinski definition) is 2. The Morgan fingerprint density at radius 1 is 1.08 bits per heavy atom. The Balaban J connectivity index is 2.01. The first kappa shape index (κ1) is 19.7. The molecular formula is C19H28N6O. The van der Waals surface area contributed by atoms with Gasteiger partial charge in [-0.05, 0) is 64.3 Å². The van der Waals surface area contributed by atoms with Crippen LogP contribution < -0.4 is 15.5 Å². The van der Waals surface area contributed by atoms with Crippen molar-refractivity contribution < 1.29 is 4.79 Å². The zero-order valence-corrected chi connectivity index (χ0v) is 16.2. The molecule has 1 aromatic heterocycles. The van der Waals surface area contributed by atoms with E-state index in [2.05, 4.69) is 25.5 Å². The number of hydrogen-bond acceptors (Lipinski definition) is 6. The second-order valence-corrected chi connectivity index (χ2v) is 6.70. The number of rotatable bonds is 8. The predicted molar refractivity (Wildman–Crippen MR) is 107 cm³/mol. The molecule has 0 saturated carbocycles. The molecule has 0 aliphatic heterocycles. The van der Waals surface area contributed by atoms with E-state index in [9.17, 15) is 4.79 Å². The summed E-state index contributed by atoms with van der Waals surface area (Å²) in [5, 5.41) is 6.06. The summed E-state index contributed by atoms with van der Waals surface area (Å²) in [5.41, 5.74) is 2.91. The van der Waals surface area contributed by atoms with Gasteiger partial charge in [-0.2, -0.15) is 0 Å². The Morgan fingerprint density at radius 3 is 2.38 bits per heavy atom. The highest BCUT2D eigenvalue weighted by Crippen LogP contribution is 2.16. The normalized spacial score (nSPS) is 10.7. The monoisotopic (exact) mass is 356 g/mol. The van der Waals surface area contributed by atoms with Crippen molar-refractivity contribution in [3.63, 3.8) is 0 Å². The summed E-state index contributed by atoms with van der Waals surface area (Å²) in [6.45, 7) is 3.60. The van der Waals surface area contributed by atoms with Crippen LogP contribution in [0, 0.1) is 6.92 Å². The molecule has 2 rings (SSSR count). The SMILES string of the molecule is Cc1cc(C(=O)Nc2ccc(N(C)C)cc2)nc(NCCCN(C)C)n1. The van der Waals surface area contributed by atoms with Gasteiger partial charge in [-0.1, -0.05) is 0 Å². The number of nitrogens with one attached hydrogen (secondary N) is 2. The molecule has 0 bridgehead atoms. The van der Waals surface area contributed by atoms with Crippen molar-refractivity contribution in [2.75, 3.05) is 56.8 Å². The van der Waals surface area contributed by atoms with Crippen molar-refractivity contribution in [1.82, 2.24) is 14.9 Å². The van der Waals surface area contributed by atoms with E-state index in [4.69, 9.17) is 0 Å². The van der Waals surface area contributed by atoms with Gasteiger partial charge in [0.05, 0.1) is 0 Å². The largest absolute Gasteiger partial charge is 0.378 e. The zero-order chi connectivity index (χ0) is 19.1. The van der Waals surface area contributed by atoms with Crippen LogP contribution in [0.15, 0.2) is 30.3 Å². The van der Waals surface area contributed by atoms with Crippen LogP contribution in [-0.4, -0.2) is 62.1 Å². The summed E-state index contributed by atoms with van der Waals surface area (Å²) >= 11 is 0. The summed E-state index contributed by atoms with van der Waals surface area (Å²) < 4.78 is 0. The molecule has 7 heteroatoms. The molecule has 140 valence electrons. The van der Waals surface area contributed by atoms with E-state index in [0.717, 1.165) is 36.6 Å². The summed E-state index contributed by atoms with van der Waals surface area (Å²) in [6.07, 6.45) is 0.976. The van der Waals surface area contributed by atoms with E-state index in [-0.39, 0.29) is 5.91 Å². The third-order valence-electron chi connectivity index (χ3n) is 3.79. The molecule has 0 aliphatic carbocycles. The molecule has 0 spiro atoms. The Kier molecular flexibility index (Phi) is 6.91. The first-order valence-corrected chi connectivity index (χ1v) is 8.68. The fraction of sp³-hybridized carbons (Fsp3) is 0.421. The third-order valence-corrected chi connectivity index (χ3v) is 3.79. The van der Waals surface area contributed by atoms with E-state index in [1.807, 2.05) is 64.3 Å². The van der Waals surface area contributed by atoms with Crippen molar-refractivity contribution in [1.29, 1.82) is 0 Å². The van der Waals surface area contributed by atoms with E-state index >= 15 is 0 Å². The van der Waals surface area contributed by atoms with Gasteiger partial charge >= 0.3 is 0 Å². The van der Waals surface area contributed by atoms with Gasteiger partial charge in [-0.15, -0.1) is 0 Å². The van der Waals surface area contributed by atoms with Crippen LogP contribution in [0.25, 0.3) is 0 Å². The van der Waals surface area contributed by atoms with Crippen LogP contribution in [0.3, 0.4) is 0 Å². The predicted octanol–water partition coefficient (Wildman–Crippen LogP) is 2.47. The fourth-order valence-electron chi connectivity index (χ4n) is 2.40. The van der Waals surface area contributed by atoms with Gasteiger partial charge in [0.25, 0.3) is 5.91 Å². The Bertz CT molecular complexity index is 727. The Hall–Kier alpha value is -2.67. The summed E-state index contributed by atoms with van der Waals surface area (Å²) in [5.74, 6) is 0.237. The van der Waals surface area contributed by atoms with Crippen LogP contribution in [0.2, 0.25) is 0 Å². The molecule has 0 unspecified atom stereocenters. The van der Waals surface area contributed by atoms with Gasteiger partial charge < -0.3 is 20.4 Å². The maximum atomic E-state index is 12.5. The lowest BCUT2D eigenvalue weighted by atomic mass is 10.2. The lowest BCUT2D eigenvalue weighted by molar-refractivity contribution is 0.102. The highest BCUT2D eigenvalue weighted by Gasteiger charge is 2.11. The molecule has 26 heavy (non-hydrogen) atoms. The first-order chi connectivity index (χ1) is 12.3. The minimum Gasteiger partial charge on any atom is -0.378 e. The van der Waals surface area contributed by atoms with Gasteiger partial charge in [-0.25, -0.2) is 9.97 Å². The number of amides is 1. The number of aryl methyl sites for hydroxylation is 1. The van der Waals surface area contributed by atoms with Crippen LogP contribution >= 0.6 is 0 Å². The van der Waals surface area contributed by atoms with Gasteiger partial charge in [0.15, 0.2) is 0 Å². The molecule has 1 amide bonds. The average Bonchev–Trinajstić information content (AvgIpc) is 2.58. The minimum absolute atomic E-state index is 0.246. The molecule has 0 saturated heterocycles. The molecule has 7 nitrogen and oxygen atoms in total. The summed E-state index contributed by atoms with van der Waals surface area (Å²) in [4.78, 5) is 25.3. The molecule has 1 aromatic carbocycles. The number of anilines is 3. The van der Waals surface area contributed by atoms with E-state index < -0.39 is 0 Å². The molecule has 0 radical (unpaired) electrons. The summed E-state index contributed by atoms with van der Waals surface area (Å²) in [7, 11) is 8.03. The maximum Gasteiger partial charge on any atom is 0.274 e. The van der Waals surface area contributed by atoms with Gasteiger partial charge in [0, 0.05) is 37.7 Å². The highest BCUT2D eigenvalue weighted by molar-refractivity contribution is 6.03. The van der Waals surface area contributed by atoms with Crippen molar-refractivity contribution in [3.05, 3.63) is 41.7 Å². The Morgan fingerprint density at radius 2 is 1.77 bits per heavy atom. The zero-order valence-electron chi connectivity index (χ0n) is 16.2. The molecule has 0 atom stereocenters. The molecule has 2 N–H and O–H groups in total. The van der Waals surface area contributed by atoms with Crippen LogP contribution in [0.5, 0.6) is 0 Å². The summed E-state index contributed by atoms with van der Waals surface area (Å²) in [6, 6.07) is 9.36. The molecule has 0 aliphatic rings. The van der Waals surface area contributed by atoms with Gasteiger partial charge in [0.1, 0.15) is 5.69 Å².